The van der Waals surface area contributed by atoms with Gasteiger partial charge in [-0.2, -0.15) is 0 Å². The lowest BCUT2D eigenvalue weighted by Crippen LogP contribution is -2.59. The third kappa shape index (κ3) is 16.9. The maximum Gasteiger partial charge on any atom is 0.273 e. The van der Waals surface area contributed by atoms with Crippen LogP contribution < -0.4 is 36.1 Å². The lowest BCUT2D eigenvalue weighted by Gasteiger charge is -2.35. The second-order valence-corrected chi connectivity index (χ2v) is 23.3. The number of hydrogen-bond acceptors (Lipinski definition) is 18. The third-order valence-electron chi connectivity index (χ3n) is 14.6. The van der Waals surface area contributed by atoms with Crippen LogP contribution in [0.2, 0.25) is 0 Å². The summed E-state index contributed by atoms with van der Waals surface area (Å²) in [5, 5.41) is 38.9. The van der Waals surface area contributed by atoms with Crippen LogP contribution in [0.3, 0.4) is 0 Å². The van der Waals surface area contributed by atoms with E-state index in [1.807, 2.05) is 19.1 Å². The average molecular weight is 1210 g/mol. The highest BCUT2D eigenvalue weighted by Gasteiger charge is 2.53. The van der Waals surface area contributed by atoms with E-state index < -0.39 is 58.8 Å². The van der Waals surface area contributed by atoms with Crippen LogP contribution in [-0.2, 0) is 51.1 Å². The highest BCUT2D eigenvalue weighted by Crippen LogP contribution is 2.41. The van der Waals surface area contributed by atoms with Gasteiger partial charge in [0.25, 0.3) is 29.5 Å². The number of hydrogen-bond donors (Lipinski definition) is 7. The van der Waals surface area contributed by atoms with Gasteiger partial charge in [0.2, 0.25) is 11.8 Å². The fourth-order valence-electron chi connectivity index (χ4n) is 9.71. The van der Waals surface area contributed by atoms with Crippen molar-refractivity contribution in [3.05, 3.63) is 99.8 Å². The summed E-state index contributed by atoms with van der Waals surface area (Å²) in [5.41, 5.74) is 3.52. The van der Waals surface area contributed by atoms with Gasteiger partial charge in [0.1, 0.15) is 29.3 Å². The zero-order chi connectivity index (χ0) is 61.7. The third-order valence-corrected chi connectivity index (χ3v) is 15.6. The van der Waals surface area contributed by atoms with E-state index in [1.54, 1.807) is 70.7 Å². The molecule has 1 aliphatic heterocycles. The first kappa shape index (κ1) is 64.0. The molecule has 3 heterocycles. The zero-order valence-electron chi connectivity index (χ0n) is 49.0. The molecule has 8 rings (SSSR count). The van der Waals surface area contributed by atoms with E-state index in [1.165, 1.54) is 39.3 Å². The van der Waals surface area contributed by atoms with Crippen molar-refractivity contribution in [2.45, 2.75) is 96.2 Å². The van der Waals surface area contributed by atoms with E-state index in [0.717, 1.165) is 33.7 Å². The van der Waals surface area contributed by atoms with Crippen LogP contribution in [0, 0.1) is 12.3 Å². The molecule has 0 spiro atoms. The monoisotopic (exact) mass is 1210 g/mol. The molecule has 2 aliphatic carbocycles. The number of aromatic hydroxyl groups is 1. The first-order valence-corrected chi connectivity index (χ1v) is 29.2. The second-order valence-electron chi connectivity index (χ2n) is 22.5. The number of fused-ring (bicyclic) bond motifs is 1. The van der Waals surface area contributed by atoms with Gasteiger partial charge in [0, 0.05) is 63.9 Å². The Hall–Kier alpha value is -8.04. The highest BCUT2D eigenvalue weighted by atomic mass is 32.1. The van der Waals surface area contributed by atoms with Crippen LogP contribution >= 0.6 is 11.3 Å². The number of halogens is 1. The molecule has 86 heavy (non-hydrogen) atoms. The molecule has 5 aromatic rings. The van der Waals surface area contributed by atoms with E-state index in [0.29, 0.717) is 29.0 Å². The number of phenols is 1. The van der Waals surface area contributed by atoms with E-state index in [9.17, 15) is 48.2 Å². The predicted molar refractivity (Wildman–Crippen MR) is 311 cm³/mol. The molecule has 462 valence electrons. The van der Waals surface area contributed by atoms with Crippen molar-refractivity contribution in [3.63, 3.8) is 0 Å². The number of aliphatic hydroxyl groups excluding tert-OH is 1. The number of aromatic nitrogens is 2. The largest absolute Gasteiger partial charge is 0.507 e. The standard InChI is InChI=1S/C60H74FN9O15S/c1-35-52(86-34-65-35)38-7-8-39(30-64-55(76)46-27-40(71)31-70(46)57(78)53(59(2,3)4)67-58(79)60(61)15-16-60)48(26-38)84-33-51(74)63-18-20-81-22-24-82-23-21-80-19-17-62-50(73)32-83-41-12-9-36-11-14-44(43(36)28-41)66-54(75)45-29-49(85-68-45)37-10-13-42(47(72)25-37)56(77)69(5)6/h7-10,12-13,25-26,28-29,34,40,44,46,53,71-72H,11,14-24,27,30-33H2,1-6H3,(H,62,73)(H,63,74)(H,64,76)(H,66,75)(H,67,79)/t40-,44-,46+,53?/m1/s1. The minimum Gasteiger partial charge on any atom is -0.507 e. The van der Waals surface area contributed by atoms with Crippen LogP contribution in [0.15, 0.2) is 70.7 Å². The molecule has 7 N–H and O–H groups in total. The number of carbonyl (C=O) groups is 7. The smallest absolute Gasteiger partial charge is 0.273 e. The summed E-state index contributed by atoms with van der Waals surface area (Å²) in [4.78, 5) is 99.2. The van der Waals surface area contributed by atoms with Crippen LogP contribution in [0.1, 0.15) is 95.7 Å². The zero-order valence-corrected chi connectivity index (χ0v) is 49.8. The molecule has 0 radical (unpaired) electrons. The van der Waals surface area contributed by atoms with Gasteiger partial charge < -0.3 is 74.8 Å². The Morgan fingerprint density at radius 1 is 0.860 bits per heavy atom. The Morgan fingerprint density at radius 2 is 1.53 bits per heavy atom. The Kier molecular flexibility index (Phi) is 21.5. The van der Waals surface area contributed by atoms with Gasteiger partial charge in [0.15, 0.2) is 30.3 Å². The van der Waals surface area contributed by atoms with Gasteiger partial charge in [-0.05, 0) is 85.0 Å². The molecule has 1 saturated heterocycles. The number of benzene rings is 3. The number of carbonyl (C=O) groups excluding carboxylic acids is 7. The van der Waals surface area contributed by atoms with Gasteiger partial charge in [-0.25, -0.2) is 9.37 Å². The van der Waals surface area contributed by atoms with Crippen molar-refractivity contribution in [1.29, 1.82) is 0 Å². The van der Waals surface area contributed by atoms with E-state index >= 15 is 0 Å². The molecule has 3 aliphatic rings. The molecule has 1 unspecified atom stereocenters. The number of aliphatic hydroxyl groups is 1. The van der Waals surface area contributed by atoms with Gasteiger partial charge in [-0.1, -0.05) is 50.2 Å². The van der Waals surface area contributed by atoms with Crippen molar-refractivity contribution >= 4 is 52.7 Å². The Bertz CT molecular complexity index is 3250. The maximum atomic E-state index is 14.7. The first-order chi connectivity index (χ1) is 41.1. The molecule has 24 nitrogen and oxygen atoms in total. The number of likely N-dealkylation sites (tertiary alicyclic amines) is 1. The summed E-state index contributed by atoms with van der Waals surface area (Å²) in [6, 6.07) is 14.2. The highest BCUT2D eigenvalue weighted by molar-refractivity contribution is 7.13. The first-order valence-electron chi connectivity index (χ1n) is 28.4. The Balaban J connectivity index is 0.680. The number of alkyl halides is 1. The van der Waals surface area contributed by atoms with Crippen molar-refractivity contribution < 1.29 is 76.4 Å². The number of thiazole rings is 1. The van der Waals surface area contributed by atoms with Crippen molar-refractivity contribution in [2.24, 2.45) is 5.41 Å². The lowest BCUT2D eigenvalue weighted by molar-refractivity contribution is -0.145. The predicted octanol–water partition coefficient (Wildman–Crippen LogP) is 3.95. The summed E-state index contributed by atoms with van der Waals surface area (Å²) in [5.74, 6) is -2.79. The van der Waals surface area contributed by atoms with E-state index in [2.05, 4.69) is 36.7 Å². The summed E-state index contributed by atoms with van der Waals surface area (Å²) >= 11 is 1.44. The normalized spacial score (nSPS) is 17.0. The number of β-amino-alcohol motifs (C(OH)–C–C–N with tert-alkyl or cyclic N) is 1. The van der Waals surface area contributed by atoms with Crippen LogP contribution in [-0.4, -0.2) is 182 Å². The molecule has 7 amide bonds. The van der Waals surface area contributed by atoms with Crippen LogP contribution in [0.5, 0.6) is 17.2 Å². The quantitative estimate of drug-likeness (QED) is 0.0333. The summed E-state index contributed by atoms with van der Waals surface area (Å²) < 4.78 is 48.6. The molecule has 26 heteroatoms. The van der Waals surface area contributed by atoms with E-state index in [4.69, 9.17) is 28.2 Å². The topological polar surface area (TPSA) is 312 Å². The van der Waals surface area contributed by atoms with Crippen molar-refractivity contribution in [3.8, 4) is 39.0 Å². The van der Waals surface area contributed by atoms with Gasteiger partial charge in [0.05, 0.1) is 73.4 Å². The molecule has 2 fully saturated rings. The summed E-state index contributed by atoms with van der Waals surface area (Å²) in [7, 11) is 3.16. The second kappa shape index (κ2) is 28.9. The van der Waals surface area contributed by atoms with E-state index in [-0.39, 0.29) is 139 Å². The van der Waals surface area contributed by atoms with Crippen molar-refractivity contribution in [2.75, 3.05) is 86.6 Å². The summed E-state index contributed by atoms with van der Waals surface area (Å²) in [6.45, 7) is 8.27. The minimum absolute atomic E-state index is 0.0405. The SMILES string of the molecule is Cc1ncsc1-c1ccc(CNC(=O)[C@@H]2C[C@@H](O)CN2C(=O)C(NC(=O)C2(F)CC2)C(C)(C)C)c(OCC(=O)NCCOCCOCCOCCNC(=O)COc2ccc3c(c2)[C@H](NC(=O)c2cc(-c4ccc(C(=O)N(C)C)c(O)c4)on2)CC3)c1. The molecule has 2 aromatic heterocycles. The molecule has 4 atom stereocenters. The fourth-order valence-corrected chi connectivity index (χ4v) is 10.5. The molecular formula is C60H74FN9O15S. The lowest BCUT2D eigenvalue weighted by atomic mass is 9.85. The van der Waals surface area contributed by atoms with Crippen molar-refractivity contribution in [1.82, 2.24) is 46.5 Å². The van der Waals surface area contributed by atoms with Gasteiger partial charge in [-0.3, -0.25) is 33.6 Å². The minimum atomic E-state index is -2.01. The number of amides is 7. The number of aryl methyl sites for hydroxylation is 2. The molecule has 1 saturated carbocycles. The Labute approximate surface area is 500 Å². The van der Waals surface area contributed by atoms with Gasteiger partial charge in [-0.15, -0.1) is 11.3 Å². The molecular weight excluding hydrogens is 1140 g/mol. The Morgan fingerprint density at radius 3 is 2.17 bits per heavy atom. The number of nitrogens with one attached hydrogen (secondary N) is 5. The fraction of sp³-hybridized carbons (Fsp3) is 0.483. The number of rotatable bonds is 29. The molecule has 3 aromatic carbocycles. The number of nitrogens with zero attached hydrogens (tertiary/aromatic N) is 4. The molecule has 0 bridgehead atoms. The number of phenolic OH excluding ortho intramolecular Hbond substituents is 1. The number of ether oxygens (including phenoxy) is 5. The average Bonchev–Trinajstić information content (AvgIpc) is 1.99. The van der Waals surface area contributed by atoms with Crippen LogP contribution in [0.4, 0.5) is 4.39 Å². The maximum absolute atomic E-state index is 14.7. The summed E-state index contributed by atoms with van der Waals surface area (Å²) in [6.07, 6.45) is 0.484. The van der Waals surface area contributed by atoms with Crippen LogP contribution in [0.25, 0.3) is 21.8 Å². The van der Waals surface area contributed by atoms with Gasteiger partial charge >= 0.3 is 0 Å².